The van der Waals surface area contributed by atoms with E-state index in [4.69, 9.17) is 16.3 Å². The molecule has 0 spiro atoms. The Balaban J connectivity index is 1.73. The van der Waals surface area contributed by atoms with Gasteiger partial charge in [-0.25, -0.2) is 18.7 Å². The second-order valence-corrected chi connectivity index (χ2v) is 5.85. The van der Waals surface area contributed by atoms with E-state index in [9.17, 15) is 8.78 Å². The molecule has 2 heterocycles. The number of ether oxygens (including phenoxy) is 1. The van der Waals surface area contributed by atoms with E-state index in [1.54, 1.807) is 11.6 Å². The Morgan fingerprint density at radius 2 is 1.96 bits per heavy atom. The third-order valence-electron chi connectivity index (χ3n) is 3.74. The van der Waals surface area contributed by atoms with E-state index in [1.807, 2.05) is 24.3 Å². The Bertz CT molecular complexity index is 899. The number of benzene rings is 1. The molecule has 0 aliphatic carbocycles. The number of anilines is 1. The summed E-state index contributed by atoms with van der Waals surface area (Å²) in [4.78, 5) is 11.9. The fraction of sp³-hybridized carbons (Fsp3) is 0.235. The molecule has 0 aliphatic rings. The average Bonchev–Trinajstić information content (AvgIpc) is 3.02. The summed E-state index contributed by atoms with van der Waals surface area (Å²) in [6, 6.07) is 7.43. The normalized spacial score (nSPS) is 11.0. The lowest BCUT2D eigenvalue weighted by atomic mass is 10.1. The molecule has 0 fully saturated rings. The van der Waals surface area contributed by atoms with Crippen molar-refractivity contribution in [2.45, 2.75) is 13.0 Å². The summed E-state index contributed by atoms with van der Waals surface area (Å²) in [5.74, 6) is 1.46. The van der Waals surface area contributed by atoms with Crippen LogP contribution in [0.4, 0.5) is 14.6 Å². The summed E-state index contributed by atoms with van der Waals surface area (Å²) in [5, 5.41) is 3.25. The van der Waals surface area contributed by atoms with Gasteiger partial charge in [0.1, 0.15) is 11.5 Å². The molecular formula is C17H16ClF2N5O. The lowest BCUT2D eigenvalue weighted by Crippen LogP contribution is -2.04. The van der Waals surface area contributed by atoms with E-state index in [1.165, 1.54) is 19.5 Å². The van der Waals surface area contributed by atoms with Gasteiger partial charge in [0.25, 0.3) is 6.43 Å². The van der Waals surface area contributed by atoms with Crippen molar-refractivity contribution in [1.82, 2.24) is 19.5 Å². The number of rotatable bonds is 6. The van der Waals surface area contributed by atoms with E-state index in [2.05, 4.69) is 20.3 Å². The highest BCUT2D eigenvalue weighted by atomic mass is 35.5. The molecule has 136 valence electrons. The van der Waals surface area contributed by atoms with Gasteiger partial charge in [-0.1, -0.05) is 24.3 Å². The third-order valence-corrected chi connectivity index (χ3v) is 3.92. The van der Waals surface area contributed by atoms with Crippen molar-refractivity contribution in [3.63, 3.8) is 0 Å². The van der Waals surface area contributed by atoms with Gasteiger partial charge >= 0.3 is 0 Å². The predicted molar refractivity (Wildman–Crippen MR) is 94.5 cm³/mol. The highest BCUT2D eigenvalue weighted by Crippen LogP contribution is 2.25. The number of aromatic nitrogens is 4. The quantitative estimate of drug-likeness (QED) is 0.653. The van der Waals surface area contributed by atoms with Crippen molar-refractivity contribution >= 4 is 17.4 Å². The number of methoxy groups -OCH3 is 1. The Hall–Kier alpha value is -2.74. The number of nitrogens with one attached hydrogen (secondary N) is 1. The van der Waals surface area contributed by atoms with E-state index in [0.717, 1.165) is 11.1 Å². The maximum absolute atomic E-state index is 12.8. The molecule has 3 aromatic rings. The number of alkyl halides is 2. The Morgan fingerprint density at radius 3 is 2.58 bits per heavy atom. The Kier molecular flexibility index (Phi) is 5.32. The number of hydrogen-bond acceptors (Lipinski definition) is 5. The van der Waals surface area contributed by atoms with Crippen LogP contribution in [-0.2, 0) is 13.6 Å². The molecule has 0 saturated carbocycles. The minimum absolute atomic E-state index is 0.119. The van der Waals surface area contributed by atoms with Gasteiger partial charge in [-0.05, 0) is 17.2 Å². The van der Waals surface area contributed by atoms with Crippen LogP contribution in [0.25, 0.3) is 11.4 Å². The van der Waals surface area contributed by atoms with Gasteiger partial charge in [0, 0.05) is 25.4 Å². The van der Waals surface area contributed by atoms with Gasteiger partial charge < -0.3 is 14.6 Å². The van der Waals surface area contributed by atoms with Crippen molar-refractivity contribution in [3.8, 4) is 17.1 Å². The van der Waals surface area contributed by atoms with Crippen molar-refractivity contribution < 1.29 is 13.5 Å². The number of imidazole rings is 1. The minimum atomic E-state index is -2.59. The fourth-order valence-corrected chi connectivity index (χ4v) is 2.58. The SMILES string of the molecule is COc1cnc(Cl)nc1NCc1ccc(-c2nc(C(F)F)cn2C)cc1. The number of hydrogen-bond donors (Lipinski definition) is 1. The summed E-state index contributed by atoms with van der Waals surface area (Å²) in [5.41, 5.74) is 1.49. The van der Waals surface area contributed by atoms with Crippen molar-refractivity contribution in [3.05, 3.63) is 53.2 Å². The van der Waals surface area contributed by atoms with Gasteiger partial charge in [0.2, 0.25) is 5.28 Å². The van der Waals surface area contributed by atoms with E-state index in [0.29, 0.717) is 23.9 Å². The fourth-order valence-electron chi connectivity index (χ4n) is 2.45. The smallest absolute Gasteiger partial charge is 0.281 e. The minimum Gasteiger partial charge on any atom is -0.491 e. The average molecular weight is 380 g/mol. The van der Waals surface area contributed by atoms with Crippen LogP contribution >= 0.6 is 11.6 Å². The molecule has 26 heavy (non-hydrogen) atoms. The van der Waals surface area contributed by atoms with Gasteiger partial charge in [-0.15, -0.1) is 0 Å². The van der Waals surface area contributed by atoms with Crippen LogP contribution in [0.15, 0.2) is 36.7 Å². The third kappa shape index (κ3) is 3.91. The second-order valence-electron chi connectivity index (χ2n) is 5.51. The number of nitrogens with zero attached hydrogens (tertiary/aromatic N) is 4. The van der Waals surface area contributed by atoms with E-state index in [-0.39, 0.29) is 11.0 Å². The molecule has 9 heteroatoms. The first-order valence-electron chi connectivity index (χ1n) is 7.69. The van der Waals surface area contributed by atoms with Crippen molar-refractivity contribution in [1.29, 1.82) is 0 Å². The second kappa shape index (κ2) is 7.65. The highest BCUT2D eigenvalue weighted by Gasteiger charge is 2.15. The topological polar surface area (TPSA) is 64.9 Å². The summed E-state index contributed by atoms with van der Waals surface area (Å²) in [7, 11) is 3.21. The number of aryl methyl sites for hydroxylation is 1. The van der Waals surface area contributed by atoms with Crippen LogP contribution in [0.3, 0.4) is 0 Å². The first kappa shape index (κ1) is 18.1. The van der Waals surface area contributed by atoms with E-state index < -0.39 is 6.43 Å². The molecule has 0 aliphatic heterocycles. The molecule has 0 unspecified atom stereocenters. The highest BCUT2D eigenvalue weighted by molar-refractivity contribution is 6.28. The van der Waals surface area contributed by atoms with Gasteiger partial charge in [-0.3, -0.25) is 0 Å². The van der Waals surface area contributed by atoms with Crippen LogP contribution in [-0.4, -0.2) is 26.6 Å². The zero-order chi connectivity index (χ0) is 18.7. The maximum Gasteiger partial charge on any atom is 0.281 e. The summed E-state index contributed by atoms with van der Waals surface area (Å²) in [6.45, 7) is 0.479. The molecule has 3 rings (SSSR count). The molecule has 0 bridgehead atoms. The molecule has 1 N–H and O–H groups in total. The van der Waals surface area contributed by atoms with Crippen molar-refractivity contribution in [2.75, 3.05) is 12.4 Å². The molecule has 0 amide bonds. The zero-order valence-electron chi connectivity index (χ0n) is 14.1. The van der Waals surface area contributed by atoms with Crippen LogP contribution in [0.5, 0.6) is 5.75 Å². The van der Waals surface area contributed by atoms with Crippen LogP contribution in [0, 0.1) is 0 Å². The monoisotopic (exact) mass is 379 g/mol. The first-order valence-corrected chi connectivity index (χ1v) is 8.07. The molecule has 0 saturated heterocycles. The van der Waals surface area contributed by atoms with Gasteiger partial charge in [-0.2, -0.15) is 4.98 Å². The lowest BCUT2D eigenvalue weighted by molar-refractivity contribution is 0.146. The molecule has 0 radical (unpaired) electrons. The van der Waals surface area contributed by atoms with Crippen molar-refractivity contribution in [2.24, 2.45) is 7.05 Å². The summed E-state index contributed by atoms with van der Waals surface area (Å²) in [6.07, 6.45) is 0.233. The Morgan fingerprint density at radius 1 is 1.23 bits per heavy atom. The first-order chi connectivity index (χ1) is 12.5. The lowest BCUT2D eigenvalue weighted by Gasteiger charge is -2.10. The summed E-state index contributed by atoms with van der Waals surface area (Å²) >= 11 is 5.80. The zero-order valence-corrected chi connectivity index (χ0v) is 14.8. The maximum atomic E-state index is 12.8. The largest absolute Gasteiger partial charge is 0.491 e. The molecule has 6 nitrogen and oxygen atoms in total. The predicted octanol–water partition coefficient (Wildman–Crippen LogP) is 4.09. The van der Waals surface area contributed by atoms with Crippen LogP contribution in [0.1, 0.15) is 17.7 Å². The standard InChI is InChI=1S/C17H16ClF2N5O/c1-25-9-12(14(19)20)23-16(25)11-5-3-10(4-6-11)7-21-15-13(26-2)8-22-17(18)24-15/h3-6,8-9,14H,7H2,1-2H3,(H,21,22,24). The molecule has 2 aromatic heterocycles. The van der Waals surface area contributed by atoms with Gasteiger partial charge in [0.05, 0.1) is 13.3 Å². The van der Waals surface area contributed by atoms with E-state index >= 15 is 0 Å². The number of halogens is 3. The van der Waals surface area contributed by atoms with Gasteiger partial charge in [0.15, 0.2) is 11.6 Å². The molecule has 1 aromatic carbocycles. The molecular weight excluding hydrogens is 364 g/mol. The van der Waals surface area contributed by atoms with Crippen LogP contribution < -0.4 is 10.1 Å². The summed E-state index contributed by atoms with van der Waals surface area (Å²) < 4.78 is 32.3. The van der Waals surface area contributed by atoms with Crippen LogP contribution in [0.2, 0.25) is 5.28 Å². The molecule has 0 atom stereocenters. The Labute approximate surface area is 153 Å².